The van der Waals surface area contributed by atoms with Gasteiger partial charge < -0.3 is 55.6 Å². The Bertz CT molecular complexity index is 1060. The summed E-state index contributed by atoms with van der Waals surface area (Å²) in [4.78, 5) is 12.9. The molecule has 37 heavy (non-hydrogen) atoms. The van der Waals surface area contributed by atoms with Crippen LogP contribution in [0.2, 0.25) is 0 Å². The topological polar surface area (TPSA) is 209 Å². The minimum absolute atomic E-state index is 0.215. The predicted octanol–water partition coefficient (Wildman–Crippen LogP) is -2.03. The Morgan fingerprint density at radius 1 is 0.676 bits per heavy atom. The van der Waals surface area contributed by atoms with Gasteiger partial charge in [-0.25, -0.2) is 0 Å². The second-order valence-electron chi connectivity index (χ2n) is 9.20. The highest BCUT2D eigenvalue weighted by Gasteiger charge is 2.45. The van der Waals surface area contributed by atoms with E-state index < -0.39 is 80.2 Å². The maximum absolute atomic E-state index is 12.9. The molecule has 1 amide bonds. The van der Waals surface area contributed by atoms with Crippen LogP contribution in [0.1, 0.15) is 33.7 Å². The molecule has 2 aliphatic heterocycles. The first-order valence-corrected chi connectivity index (χ1v) is 11.8. The summed E-state index contributed by atoms with van der Waals surface area (Å²) in [6.45, 7) is -1.11. The number of carbonyl (C=O) groups excluding carboxylic acids is 1. The summed E-state index contributed by atoms with van der Waals surface area (Å²) in [5.74, 6) is -0.493. The summed E-state index contributed by atoms with van der Waals surface area (Å²) in [5, 5.41) is 82.1. The van der Waals surface area contributed by atoms with Crippen molar-refractivity contribution in [2.75, 3.05) is 18.5 Å². The summed E-state index contributed by atoms with van der Waals surface area (Å²) in [6, 6.07) is 12.4. The van der Waals surface area contributed by atoms with E-state index in [2.05, 4.69) is 5.32 Å². The third-order valence-electron chi connectivity index (χ3n) is 6.76. The van der Waals surface area contributed by atoms with E-state index in [0.29, 0.717) is 16.8 Å². The van der Waals surface area contributed by atoms with Crippen molar-refractivity contribution < 1.29 is 55.1 Å². The van der Waals surface area contributed by atoms with Gasteiger partial charge in [-0.05, 0) is 35.4 Å². The number of ether oxygens (including phenoxy) is 2. The highest BCUT2D eigenvalue weighted by Crippen LogP contribution is 2.34. The third-order valence-corrected chi connectivity index (χ3v) is 6.76. The molecule has 2 heterocycles. The Balaban J connectivity index is 1.46. The molecule has 202 valence electrons. The summed E-state index contributed by atoms with van der Waals surface area (Å²) >= 11 is 0. The van der Waals surface area contributed by atoms with Gasteiger partial charge in [0.25, 0.3) is 5.91 Å². The molecule has 12 nitrogen and oxygen atoms in total. The Labute approximate surface area is 212 Å². The van der Waals surface area contributed by atoms with Gasteiger partial charge in [-0.2, -0.15) is 0 Å². The van der Waals surface area contributed by atoms with Crippen molar-refractivity contribution >= 4 is 11.6 Å². The van der Waals surface area contributed by atoms with Gasteiger partial charge in [0.05, 0.1) is 13.2 Å². The quantitative estimate of drug-likeness (QED) is 0.202. The normalized spacial score (nSPS) is 36.2. The number of anilines is 1. The van der Waals surface area contributed by atoms with Crippen molar-refractivity contribution in [2.45, 2.75) is 61.0 Å². The van der Waals surface area contributed by atoms with Gasteiger partial charge in [0.15, 0.2) is 0 Å². The number of nitrogens with one attached hydrogen (secondary N) is 1. The van der Waals surface area contributed by atoms with Gasteiger partial charge in [-0.3, -0.25) is 4.79 Å². The first-order chi connectivity index (χ1) is 17.7. The van der Waals surface area contributed by atoms with Crippen LogP contribution in [0.3, 0.4) is 0 Å². The molecule has 0 spiro atoms. The lowest BCUT2D eigenvalue weighted by Gasteiger charge is -2.40. The van der Waals surface area contributed by atoms with Crippen molar-refractivity contribution in [3.8, 4) is 0 Å². The Hall–Kier alpha value is -2.49. The molecule has 0 radical (unpaired) electrons. The van der Waals surface area contributed by atoms with Gasteiger partial charge in [0.1, 0.15) is 61.0 Å². The van der Waals surface area contributed by atoms with Crippen LogP contribution in [0.5, 0.6) is 0 Å². The van der Waals surface area contributed by atoms with E-state index in [0.717, 1.165) is 0 Å². The van der Waals surface area contributed by atoms with E-state index in [1.54, 1.807) is 36.4 Å². The third kappa shape index (κ3) is 5.54. The van der Waals surface area contributed by atoms with Crippen molar-refractivity contribution in [1.29, 1.82) is 0 Å². The fourth-order valence-corrected chi connectivity index (χ4v) is 4.57. The van der Waals surface area contributed by atoms with Crippen LogP contribution in [0.15, 0.2) is 48.5 Å². The van der Waals surface area contributed by atoms with Crippen molar-refractivity contribution in [3.05, 3.63) is 65.2 Å². The zero-order valence-electron chi connectivity index (χ0n) is 19.6. The van der Waals surface area contributed by atoms with E-state index >= 15 is 0 Å². The maximum atomic E-state index is 12.9. The van der Waals surface area contributed by atoms with E-state index in [1.807, 2.05) is 0 Å². The molecule has 9 N–H and O–H groups in total. The van der Waals surface area contributed by atoms with E-state index in [1.165, 1.54) is 12.1 Å². The van der Waals surface area contributed by atoms with Crippen molar-refractivity contribution in [1.82, 2.24) is 0 Å². The SMILES string of the molecule is O=C(Nc1ccc([C@H]2O[C@H](CO)[C@@H](O)[C@H](O)[C@H]2O)cc1)c1cccc([C@H]2O[C@H](CO)[C@@H](O)[C@H](O)[C@H]2O)c1. The average Bonchev–Trinajstić information content (AvgIpc) is 2.91. The molecule has 0 unspecified atom stereocenters. The fraction of sp³-hybridized carbons (Fsp3) is 0.480. The molecule has 0 aromatic heterocycles. The zero-order chi connectivity index (χ0) is 26.9. The van der Waals surface area contributed by atoms with Gasteiger partial charge in [0, 0.05) is 11.3 Å². The molecular formula is C25H31NO11. The van der Waals surface area contributed by atoms with Crippen LogP contribution in [-0.2, 0) is 9.47 Å². The first-order valence-electron chi connectivity index (χ1n) is 11.8. The highest BCUT2D eigenvalue weighted by molar-refractivity contribution is 6.04. The molecule has 2 saturated heterocycles. The van der Waals surface area contributed by atoms with E-state index in [9.17, 15) is 45.6 Å². The van der Waals surface area contributed by atoms with Crippen LogP contribution in [0.25, 0.3) is 0 Å². The predicted molar refractivity (Wildman–Crippen MR) is 126 cm³/mol. The van der Waals surface area contributed by atoms with Gasteiger partial charge in [-0.15, -0.1) is 0 Å². The lowest BCUT2D eigenvalue weighted by atomic mass is 9.90. The molecule has 4 rings (SSSR count). The Morgan fingerprint density at radius 3 is 1.70 bits per heavy atom. The van der Waals surface area contributed by atoms with Gasteiger partial charge in [-0.1, -0.05) is 24.3 Å². The van der Waals surface area contributed by atoms with Crippen LogP contribution in [-0.4, -0.2) is 109 Å². The van der Waals surface area contributed by atoms with Crippen LogP contribution in [0.4, 0.5) is 5.69 Å². The zero-order valence-corrected chi connectivity index (χ0v) is 19.6. The van der Waals surface area contributed by atoms with Crippen molar-refractivity contribution in [3.63, 3.8) is 0 Å². The van der Waals surface area contributed by atoms with Crippen LogP contribution >= 0.6 is 0 Å². The number of rotatable bonds is 6. The van der Waals surface area contributed by atoms with Crippen LogP contribution in [0, 0.1) is 0 Å². The summed E-state index contributed by atoms with van der Waals surface area (Å²) in [5.41, 5.74) is 1.44. The molecule has 2 aromatic carbocycles. The molecule has 0 saturated carbocycles. The molecular weight excluding hydrogens is 490 g/mol. The lowest BCUT2D eigenvalue weighted by Crippen LogP contribution is -2.55. The molecule has 2 aromatic rings. The lowest BCUT2D eigenvalue weighted by molar-refractivity contribution is -0.231. The van der Waals surface area contributed by atoms with Gasteiger partial charge >= 0.3 is 0 Å². The number of aliphatic hydroxyl groups excluding tert-OH is 8. The number of amides is 1. The molecule has 0 aliphatic carbocycles. The second-order valence-corrected chi connectivity index (χ2v) is 9.20. The summed E-state index contributed by atoms with van der Waals surface area (Å²) < 4.78 is 11.1. The fourth-order valence-electron chi connectivity index (χ4n) is 4.57. The molecule has 10 atom stereocenters. The molecule has 12 heteroatoms. The monoisotopic (exact) mass is 521 g/mol. The average molecular weight is 522 g/mol. The molecule has 0 bridgehead atoms. The minimum Gasteiger partial charge on any atom is -0.394 e. The van der Waals surface area contributed by atoms with Crippen LogP contribution < -0.4 is 5.32 Å². The second kappa shape index (κ2) is 11.5. The van der Waals surface area contributed by atoms with Crippen molar-refractivity contribution in [2.24, 2.45) is 0 Å². The smallest absolute Gasteiger partial charge is 0.255 e. The first kappa shape index (κ1) is 27.5. The van der Waals surface area contributed by atoms with E-state index in [-0.39, 0.29) is 5.56 Å². The minimum atomic E-state index is -1.55. The number of carbonyl (C=O) groups is 1. The highest BCUT2D eigenvalue weighted by atomic mass is 16.6. The van der Waals surface area contributed by atoms with E-state index in [4.69, 9.17) is 9.47 Å². The molecule has 2 aliphatic rings. The Morgan fingerprint density at radius 2 is 1.19 bits per heavy atom. The number of aliphatic hydroxyl groups is 8. The molecule has 2 fully saturated rings. The maximum Gasteiger partial charge on any atom is 0.255 e. The summed E-state index contributed by atoms with van der Waals surface area (Å²) in [6.07, 6.45) is -13.1. The van der Waals surface area contributed by atoms with Gasteiger partial charge in [0.2, 0.25) is 0 Å². The summed E-state index contributed by atoms with van der Waals surface area (Å²) in [7, 11) is 0. The Kier molecular flexibility index (Phi) is 8.56. The standard InChI is InChI=1S/C25H31NO11/c27-9-15-17(29)19(31)21(33)23(36-15)11-4-6-14(7-5-11)26-25(35)13-3-1-2-12(8-13)24-22(34)20(32)18(30)16(10-28)37-24/h1-8,15-24,27-34H,9-10H2,(H,26,35)/t15-,16-,17-,18-,19+,20+,21-,22-,23-,24-/m1/s1. The number of hydrogen-bond acceptors (Lipinski definition) is 11. The number of benzene rings is 2. The largest absolute Gasteiger partial charge is 0.394 e. The number of hydrogen-bond donors (Lipinski definition) is 9.